The second kappa shape index (κ2) is 6.89. The molecule has 1 atom stereocenters. The molecule has 1 heterocycles. The average Bonchev–Trinajstić information content (AvgIpc) is 2.46. The zero-order valence-corrected chi connectivity index (χ0v) is 13.3. The van der Waals surface area contributed by atoms with Crippen LogP contribution in [0.3, 0.4) is 0 Å². The number of benzene rings is 1. The van der Waals surface area contributed by atoms with E-state index >= 15 is 0 Å². The highest BCUT2D eigenvalue weighted by atomic mass is 32.1. The van der Waals surface area contributed by atoms with Gasteiger partial charge in [0.2, 0.25) is 5.76 Å². The fourth-order valence-electron chi connectivity index (χ4n) is 2.19. The van der Waals surface area contributed by atoms with Gasteiger partial charge in [-0.3, -0.25) is 0 Å². The lowest BCUT2D eigenvalue weighted by Crippen LogP contribution is -2.13. The molecule has 1 aromatic heterocycles. The molecule has 1 unspecified atom stereocenters. The molecule has 6 heteroatoms. The van der Waals surface area contributed by atoms with Gasteiger partial charge in [0, 0.05) is 6.07 Å². The second-order valence-electron chi connectivity index (χ2n) is 5.12. The van der Waals surface area contributed by atoms with Crippen molar-refractivity contribution in [2.75, 3.05) is 6.61 Å². The van der Waals surface area contributed by atoms with Crippen LogP contribution in [-0.2, 0) is 6.42 Å². The molecule has 0 fully saturated rings. The Labute approximate surface area is 133 Å². The van der Waals surface area contributed by atoms with Crippen LogP contribution in [0.4, 0.5) is 0 Å². The van der Waals surface area contributed by atoms with Gasteiger partial charge in [-0.2, -0.15) is 0 Å². The van der Waals surface area contributed by atoms with Gasteiger partial charge in [0.25, 0.3) is 0 Å². The number of aliphatic hydroxyl groups is 1. The molecule has 0 amide bonds. The molecule has 0 saturated heterocycles. The monoisotopic (exact) mass is 322 g/mol. The van der Waals surface area contributed by atoms with Crippen molar-refractivity contribution in [3.8, 4) is 5.75 Å². The van der Waals surface area contributed by atoms with Crippen molar-refractivity contribution in [3.63, 3.8) is 0 Å². The second-order valence-corrected chi connectivity index (χ2v) is 5.56. The van der Waals surface area contributed by atoms with Crippen LogP contribution in [0.25, 0.3) is 11.0 Å². The van der Waals surface area contributed by atoms with Crippen LogP contribution in [0.5, 0.6) is 5.75 Å². The summed E-state index contributed by atoms with van der Waals surface area (Å²) in [5, 5.41) is 19.1. The lowest BCUT2D eigenvalue weighted by atomic mass is 10.1. The molecule has 0 aliphatic heterocycles. The van der Waals surface area contributed by atoms with Crippen molar-refractivity contribution < 1.29 is 24.2 Å². The smallest absolute Gasteiger partial charge is 0.371 e. The maximum Gasteiger partial charge on any atom is 0.371 e. The molecular weight excluding hydrogens is 304 g/mol. The van der Waals surface area contributed by atoms with E-state index in [9.17, 15) is 9.90 Å². The summed E-state index contributed by atoms with van der Waals surface area (Å²) in [6.45, 7) is 3.77. The van der Waals surface area contributed by atoms with E-state index in [0.717, 1.165) is 18.4 Å². The maximum atomic E-state index is 11.2. The molecule has 0 radical (unpaired) electrons. The van der Waals surface area contributed by atoms with Crippen LogP contribution in [-0.4, -0.2) is 28.9 Å². The topological polar surface area (TPSA) is 79.9 Å². The van der Waals surface area contributed by atoms with Crippen molar-refractivity contribution in [2.24, 2.45) is 0 Å². The highest BCUT2D eigenvalue weighted by Gasteiger charge is 2.16. The summed E-state index contributed by atoms with van der Waals surface area (Å²) >= 11 is 5.31. The van der Waals surface area contributed by atoms with E-state index in [-0.39, 0.29) is 12.4 Å². The molecule has 0 bridgehead atoms. The lowest BCUT2D eigenvalue weighted by Gasteiger charge is -2.13. The largest absolute Gasteiger partial charge is 0.490 e. The molecule has 0 aliphatic carbocycles. The lowest BCUT2D eigenvalue weighted by molar-refractivity contribution is 0.0663. The Bertz CT molecular complexity index is 748. The van der Waals surface area contributed by atoms with E-state index in [1.807, 2.05) is 13.0 Å². The Balaban J connectivity index is 2.67. The molecular formula is C16H18O5S. The molecule has 22 heavy (non-hydrogen) atoms. The third-order valence-electron chi connectivity index (χ3n) is 3.13. The molecule has 2 aromatic rings. The number of aliphatic hydroxyl groups excluding tert-OH is 1. The van der Waals surface area contributed by atoms with E-state index in [0.29, 0.717) is 21.2 Å². The first-order valence-electron chi connectivity index (χ1n) is 7.08. The first kappa shape index (κ1) is 16.5. The Morgan fingerprint density at radius 3 is 2.77 bits per heavy atom. The summed E-state index contributed by atoms with van der Waals surface area (Å²) in [6.07, 6.45) is 1.02. The zero-order valence-electron chi connectivity index (χ0n) is 12.5. The number of aromatic carboxylic acids is 1. The molecule has 0 aliphatic rings. The fourth-order valence-corrected chi connectivity index (χ4v) is 2.49. The van der Waals surface area contributed by atoms with Crippen LogP contribution in [0, 0.1) is 4.51 Å². The van der Waals surface area contributed by atoms with Crippen LogP contribution >= 0.6 is 12.2 Å². The number of aryl methyl sites for hydroxylation is 1. The number of carbonyl (C=O) groups is 1. The Morgan fingerprint density at radius 1 is 1.45 bits per heavy atom. The fraction of sp³-hybridized carbons (Fsp3) is 0.375. The molecule has 2 N–H and O–H groups in total. The van der Waals surface area contributed by atoms with E-state index in [1.54, 1.807) is 13.0 Å². The minimum absolute atomic E-state index is 0.123. The Kier molecular flexibility index (Phi) is 5.15. The van der Waals surface area contributed by atoms with Crippen molar-refractivity contribution >= 4 is 29.2 Å². The van der Waals surface area contributed by atoms with E-state index in [4.69, 9.17) is 26.5 Å². The minimum atomic E-state index is -1.16. The standard InChI is InChI=1S/C16H18O5S/c1-3-4-10-5-6-11(20-8-9(2)17)14-13(22)7-12(16(18)19)21-15(10)14/h5-7,9,17H,3-4,8H2,1-2H3,(H,18,19). The number of ether oxygens (including phenoxy) is 1. The normalized spacial score (nSPS) is 12.3. The molecule has 0 spiro atoms. The molecule has 0 saturated carbocycles. The molecule has 5 nitrogen and oxygen atoms in total. The van der Waals surface area contributed by atoms with Crippen LogP contribution in [0.2, 0.25) is 0 Å². The summed E-state index contributed by atoms with van der Waals surface area (Å²) in [6, 6.07) is 4.93. The maximum absolute atomic E-state index is 11.2. The van der Waals surface area contributed by atoms with E-state index in [2.05, 4.69) is 0 Å². The van der Waals surface area contributed by atoms with Gasteiger partial charge in [-0.15, -0.1) is 0 Å². The van der Waals surface area contributed by atoms with Crippen LogP contribution in [0.1, 0.15) is 36.4 Å². The summed E-state index contributed by atoms with van der Waals surface area (Å²) in [7, 11) is 0. The van der Waals surface area contributed by atoms with E-state index in [1.165, 1.54) is 6.07 Å². The number of hydrogen-bond acceptors (Lipinski definition) is 5. The predicted molar refractivity (Wildman–Crippen MR) is 85.2 cm³/mol. The summed E-state index contributed by atoms with van der Waals surface area (Å²) in [5.41, 5.74) is 1.32. The number of hydrogen-bond donors (Lipinski definition) is 2. The zero-order chi connectivity index (χ0) is 16.3. The Hall–Kier alpha value is -1.92. The summed E-state index contributed by atoms with van der Waals surface area (Å²) in [4.78, 5) is 11.2. The van der Waals surface area contributed by atoms with Crippen LogP contribution < -0.4 is 4.74 Å². The molecule has 1 aromatic carbocycles. The predicted octanol–water partition coefficient (Wildman–Crippen LogP) is 3.57. The first-order valence-corrected chi connectivity index (χ1v) is 7.48. The van der Waals surface area contributed by atoms with Gasteiger partial charge in [-0.25, -0.2) is 4.79 Å². The number of fused-ring (bicyclic) bond motifs is 1. The van der Waals surface area contributed by atoms with Gasteiger partial charge >= 0.3 is 5.97 Å². The SMILES string of the molecule is CCCc1ccc(OCC(C)O)c2c(=S)cc(C(=O)O)oc12. The van der Waals surface area contributed by atoms with Gasteiger partial charge < -0.3 is 19.4 Å². The quantitative estimate of drug-likeness (QED) is 0.791. The van der Waals surface area contributed by atoms with Gasteiger partial charge in [-0.1, -0.05) is 31.6 Å². The highest BCUT2D eigenvalue weighted by molar-refractivity contribution is 7.71. The van der Waals surface area contributed by atoms with Crippen molar-refractivity contribution in [1.29, 1.82) is 0 Å². The van der Waals surface area contributed by atoms with Crippen molar-refractivity contribution in [1.82, 2.24) is 0 Å². The van der Waals surface area contributed by atoms with Crippen molar-refractivity contribution in [2.45, 2.75) is 32.8 Å². The van der Waals surface area contributed by atoms with Gasteiger partial charge in [-0.05, 0) is 25.0 Å². The van der Waals surface area contributed by atoms with Gasteiger partial charge in [0.15, 0.2) is 0 Å². The number of carboxylic acids is 1. The number of carboxylic acid groups (broad SMARTS) is 1. The third-order valence-corrected chi connectivity index (χ3v) is 3.45. The number of rotatable bonds is 6. The van der Waals surface area contributed by atoms with Gasteiger partial charge in [0.1, 0.15) is 17.9 Å². The molecule has 2 rings (SSSR count). The van der Waals surface area contributed by atoms with Crippen molar-refractivity contribution in [3.05, 3.63) is 34.0 Å². The molecule has 118 valence electrons. The highest BCUT2D eigenvalue weighted by Crippen LogP contribution is 2.32. The Morgan fingerprint density at radius 2 is 2.18 bits per heavy atom. The third kappa shape index (κ3) is 3.45. The van der Waals surface area contributed by atoms with Gasteiger partial charge in [0.05, 0.1) is 16.0 Å². The summed E-state index contributed by atoms with van der Waals surface area (Å²) in [5.74, 6) is -0.866. The average molecular weight is 322 g/mol. The first-order chi connectivity index (χ1) is 10.4. The van der Waals surface area contributed by atoms with E-state index < -0.39 is 12.1 Å². The van der Waals surface area contributed by atoms with Crippen LogP contribution in [0.15, 0.2) is 22.6 Å². The summed E-state index contributed by atoms with van der Waals surface area (Å²) < 4.78 is 11.5. The minimum Gasteiger partial charge on any atom is -0.490 e.